The second-order valence-corrected chi connectivity index (χ2v) is 8.39. The van der Waals surface area contributed by atoms with Gasteiger partial charge in [0.05, 0.1) is 6.10 Å². The van der Waals surface area contributed by atoms with Gasteiger partial charge >= 0.3 is 0 Å². The van der Waals surface area contributed by atoms with Gasteiger partial charge in [0.25, 0.3) is 0 Å². The van der Waals surface area contributed by atoms with E-state index in [4.69, 9.17) is 4.74 Å². The maximum atomic E-state index is 6.01. The summed E-state index contributed by atoms with van der Waals surface area (Å²) in [6.45, 7) is 11.9. The minimum absolute atomic E-state index is 0.312. The van der Waals surface area contributed by atoms with Crippen LogP contribution in [0.4, 0.5) is 0 Å². The number of likely N-dealkylation sites (tertiary alicyclic amines) is 1. The quantitative estimate of drug-likeness (QED) is 0.860. The van der Waals surface area contributed by atoms with Gasteiger partial charge in [-0.3, -0.25) is 0 Å². The number of rotatable bonds is 3. The minimum Gasteiger partial charge on any atom is -0.377 e. The molecule has 3 fully saturated rings. The van der Waals surface area contributed by atoms with Crippen LogP contribution in [-0.2, 0) is 4.74 Å². The summed E-state index contributed by atoms with van der Waals surface area (Å²) in [6, 6.07) is 0.657. The van der Waals surface area contributed by atoms with E-state index in [0.29, 0.717) is 23.0 Å². The predicted molar refractivity (Wildman–Crippen MR) is 82.9 cm³/mol. The Bertz CT molecular complexity index is 347. The summed E-state index contributed by atoms with van der Waals surface area (Å²) in [5, 5.41) is 3.94. The summed E-state index contributed by atoms with van der Waals surface area (Å²) >= 11 is 0. The molecule has 3 nitrogen and oxygen atoms in total. The molecule has 0 bridgehead atoms. The molecule has 20 heavy (non-hydrogen) atoms. The molecule has 3 atom stereocenters. The molecule has 0 aromatic heterocycles. The van der Waals surface area contributed by atoms with Crippen molar-refractivity contribution >= 4 is 0 Å². The van der Waals surface area contributed by atoms with Crippen LogP contribution in [0.3, 0.4) is 0 Å². The Morgan fingerprint density at radius 1 is 1.20 bits per heavy atom. The van der Waals surface area contributed by atoms with Gasteiger partial charge < -0.3 is 15.0 Å². The fourth-order valence-corrected chi connectivity index (χ4v) is 4.63. The molecule has 1 N–H and O–H groups in total. The van der Waals surface area contributed by atoms with Gasteiger partial charge in [0.1, 0.15) is 0 Å². The third kappa shape index (κ3) is 2.53. The first kappa shape index (κ1) is 14.8. The summed E-state index contributed by atoms with van der Waals surface area (Å²) in [5.74, 6) is 0.758. The summed E-state index contributed by atoms with van der Waals surface area (Å²) in [6.07, 6.45) is 5.75. The Morgan fingerprint density at radius 3 is 2.60 bits per heavy atom. The smallest absolute Gasteiger partial charge is 0.0684 e. The first-order valence-electron chi connectivity index (χ1n) is 8.46. The minimum atomic E-state index is 0.312. The van der Waals surface area contributed by atoms with Crippen LogP contribution in [0.5, 0.6) is 0 Å². The Morgan fingerprint density at radius 2 is 1.90 bits per heavy atom. The number of ether oxygens (including phenoxy) is 1. The molecular formula is C17H32N2O. The van der Waals surface area contributed by atoms with Crippen molar-refractivity contribution in [3.8, 4) is 0 Å². The van der Waals surface area contributed by atoms with Gasteiger partial charge in [-0.1, -0.05) is 20.8 Å². The van der Waals surface area contributed by atoms with E-state index in [0.717, 1.165) is 12.5 Å². The molecule has 2 heterocycles. The van der Waals surface area contributed by atoms with E-state index in [1.54, 1.807) is 0 Å². The topological polar surface area (TPSA) is 24.5 Å². The number of fused-ring (bicyclic) bond motifs is 1. The number of nitrogens with one attached hydrogen (secondary N) is 1. The van der Waals surface area contributed by atoms with Crippen LogP contribution >= 0.6 is 0 Å². The lowest BCUT2D eigenvalue weighted by Gasteiger charge is -2.60. The molecule has 1 saturated carbocycles. The summed E-state index contributed by atoms with van der Waals surface area (Å²) in [5.41, 5.74) is 0.802. The molecule has 3 rings (SSSR count). The van der Waals surface area contributed by atoms with Crippen LogP contribution < -0.4 is 5.32 Å². The fourth-order valence-electron chi connectivity index (χ4n) is 4.63. The van der Waals surface area contributed by atoms with Crippen molar-refractivity contribution in [2.24, 2.45) is 16.7 Å². The van der Waals surface area contributed by atoms with Crippen molar-refractivity contribution in [3.05, 3.63) is 0 Å². The summed E-state index contributed by atoms with van der Waals surface area (Å²) in [7, 11) is 2.24. The highest BCUT2D eigenvalue weighted by molar-refractivity contribution is 5.10. The Labute approximate surface area is 124 Å². The molecule has 0 radical (unpaired) electrons. The SMILES string of the molecule is CN1CCC(C)(CNC2C3CCCOC3C2(C)C)CC1. The highest BCUT2D eigenvalue weighted by Crippen LogP contribution is 2.51. The Balaban J connectivity index is 1.55. The van der Waals surface area contributed by atoms with Crippen LogP contribution in [0.25, 0.3) is 0 Å². The van der Waals surface area contributed by atoms with Gasteiger partial charge in [-0.15, -0.1) is 0 Å². The first-order chi connectivity index (χ1) is 9.42. The van der Waals surface area contributed by atoms with E-state index in [2.05, 4.69) is 38.0 Å². The number of piperidine rings is 1. The molecular weight excluding hydrogens is 248 g/mol. The second kappa shape index (κ2) is 5.26. The van der Waals surface area contributed by atoms with Gasteiger partial charge in [0.2, 0.25) is 0 Å². The van der Waals surface area contributed by atoms with Gasteiger partial charge in [0.15, 0.2) is 0 Å². The molecule has 0 spiro atoms. The van der Waals surface area contributed by atoms with E-state index in [1.807, 2.05) is 0 Å². The Kier molecular flexibility index (Phi) is 3.89. The molecule has 3 unspecified atom stereocenters. The molecule has 1 aliphatic carbocycles. The normalized spacial score (nSPS) is 39.9. The zero-order valence-corrected chi connectivity index (χ0v) is 13.7. The average Bonchev–Trinajstić information content (AvgIpc) is 2.42. The van der Waals surface area contributed by atoms with Crippen molar-refractivity contribution in [1.29, 1.82) is 0 Å². The maximum absolute atomic E-state index is 6.01. The average molecular weight is 280 g/mol. The summed E-state index contributed by atoms with van der Waals surface area (Å²) in [4.78, 5) is 2.46. The highest BCUT2D eigenvalue weighted by atomic mass is 16.5. The van der Waals surface area contributed by atoms with Crippen LogP contribution in [0.2, 0.25) is 0 Å². The molecule has 0 aromatic carbocycles. The van der Waals surface area contributed by atoms with E-state index in [-0.39, 0.29) is 0 Å². The molecule has 3 aliphatic rings. The van der Waals surface area contributed by atoms with E-state index in [1.165, 1.54) is 45.3 Å². The molecule has 0 amide bonds. The van der Waals surface area contributed by atoms with Crippen LogP contribution in [0.1, 0.15) is 46.5 Å². The monoisotopic (exact) mass is 280 g/mol. The van der Waals surface area contributed by atoms with Crippen LogP contribution in [0, 0.1) is 16.7 Å². The third-order valence-corrected chi connectivity index (χ3v) is 6.27. The summed E-state index contributed by atoms with van der Waals surface area (Å²) < 4.78 is 6.01. The van der Waals surface area contributed by atoms with Gasteiger partial charge in [0, 0.05) is 30.5 Å². The molecule has 2 saturated heterocycles. The van der Waals surface area contributed by atoms with Gasteiger partial charge in [-0.05, 0) is 51.2 Å². The molecule has 3 heteroatoms. The van der Waals surface area contributed by atoms with Crippen molar-refractivity contribution in [1.82, 2.24) is 10.2 Å². The van der Waals surface area contributed by atoms with Crippen molar-refractivity contribution in [3.63, 3.8) is 0 Å². The number of hydrogen-bond acceptors (Lipinski definition) is 3. The highest BCUT2D eigenvalue weighted by Gasteiger charge is 2.57. The van der Waals surface area contributed by atoms with E-state index >= 15 is 0 Å². The molecule has 0 aromatic rings. The lowest BCUT2D eigenvalue weighted by Crippen LogP contribution is -2.70. The van der Waals surface area contributed by atoms with Crippen molar-refractivity contribution < 1.29 is 4.74 Å². The predicted octanol–water partition coefficient (Wildman–Crippen LogP) is 2.51. The standard InChI is InChI=1S/C17H32N2O/c1-16(2)14(13-6-5-11-20-15(13)16)18-12-17(3)7-9-19(4)10-8-17/h13-15,18H,5-12H2,1-4H3. The number of nitrogens with zero attached hydrogens (tertiary/aromatic N) is 1. The largest absolute Gasteiger partial charge is 0.377 e. The van der Waals surface area contributed by atoms with Crippen molar-refractivity contribution in [2.75, 3.05) is 33.3 Å². The second-order valence-electron chi connectivity index (χ2n) is 8.39. The lowest BCUT2D eigenvalue weighted by atomic mass is 9.55. The van der Waals surface area contributed by atoms with E-state index in [9.17, 15) is 0 Å². The first-order valence-corrected chi connectivity index (χ1v) is 8.46. The zero-order chi connectivity index (χ0) is 14.4. The zero-order valence-electron chi connectivity index (χ0n) is 13.7. The van der Waals surface area contributed by atoms with Crippen LogP contribution in [0.15, 0.2) is 0 Å². The van der Waals surface area contributed by atoms with E-state index < -0.39 is 0 Å². The van der Waals surface area contributed by atoms with Crippen LogP contribution in [-0.4, -0.2) is 50.3 Å². The lowest BCUT2D eigenvalue weighted by molar-refractivity contribution is -0.193. The molecule has 2 aliphatic heterocycles. The van der Waals surface area contributed by atoms with Gasteiger partial charge in [-0.2, -0.15) is 0 Å². The molecule has 116 valence electrons. The fraction of sp³-hybridized carbons (Fsp3) is 1.00. The maximum Gasteiger partial charge on any atom is 0.0684 e. The van der Waals surface area contributed by atoms with Gasteiger partial charge in [-0.25, -0.2) is 0 Å². The third-order valence-electron chi connectivity index (χ3n) is 6.27. The number of hydrogen-bond donors (Lipinski definition) is 1. The Hall–Kier alpha value is -0.120. The van der Waals surface area contributed by atoms with Crippen molar-refractivity contribution in [2.45, 2.75) is 58.6 Å².